The van der Waals surface area contributed by atoms with Crippen LogP contribution in [0.1, 0.15) is 28.9 Å². The smallest absolute Gasteiger partial charge is 0.313 e. The molecule has 0 aliphatic heterocycles. The van der Waals surface area contributed by atoms with Crippen molar-refractivity contribution in [2.24, 2.45) is 5.14 Å². The minimum Gasteiger partial charge on any atom is -0.450 e. The molecule has 0 aliphatic rings. The van der Waals surface area contributed by atoms with Crippen molar-refractivity contribution in [3.05, 3.63) is 93.0 Å². The van der Waals surface area contributed by atoms with Crippen molar-refractivity contribution >= 4 is 33.2 Å². The number of halogens is 1. The Hall–Kier alpha value is -3.47. The van der Waals surface area contributed by atoms with Crippen LogP contribution in [-0.2, 0) is 10.0 Å². The molecule has 3 aromatic rings. The van der Waals surface area contributed by atoms with E-state index in [0.29, 0.717) is 16.9 Å². The quantitative estimate of drug-likeness (QED) is 0.383. The number of sulfonamides is 1. The molecule has 0 heterocycles. The van der Waals surface area contributed by atoms with Gasteiger partial charge in [0.1, 0.15) is 5.75 Å². The van der Waals surface area contributed by atoms with Crippen LogP contribution in [0.25, 0.3) is 0 Å². The first-order valence-electron chi connectivity index (χ1n) is 9.59. The molecular formula is C22H20ClN3O6S. The number of nitrogens with two attached hydrogens (primary N) is 1. The van der Waals surface area contributed by atoms with Crippen LogP contribution in [-0.4, -0.2) is 31.2 Å². The van der Waals surface area contributed by atoms with Crippen LogP contribution >= 0.6 is 11.6 Å². The summed E-state index contributed by atoms with van der Waals surface area (Å²) in [5.74, 6) is 0.00464. The number of carbonyl (C=O) groups is 1. The molecule has 3 rings (SSSR count). The van der Waals surface area contributed by atoms with E-state index in [1.807, 2.05) is 0 Å². The third-order valence-corrected chi connectivity index (χ3v) is 6.16. The summed E-state index contributed by atoms with van der Waals surface area (Å²) in [6.45, 7) is 1.76. The minimum atomic E-state index is -3.87. The van der Waals surface area contributed by atoms with Gasteiger partial charge in [-0.2, -0.15) is 0 Å². The monoisotopic (exact) mass is 489 g/mol. The molecule has 33 heavy (non-hydrogen) atoms. The third-order valence-electron chi connectivity index (χ3n) is 5.02. The zero-order valence-electron chi connectivity index (χ0n) is 17.6. The Morgan fingerprint density at radius 2 is 1.79 bits per heavy atom. The number of nitro benzene ring substituents is 1. The molecule has 1 atom stereocenters. The molecule has 1 unspecified atom stereocenters. The summed E-state index contributed by atoms with van der Waals surface area (Å²) in [5, 5.41) is 16.6. The van der Waals surface area contributed by atoms with E-state index in [1.54, 1.807) is 26.1 Å². The first kappa shape index (κ1) is 24.2. The number of hydrogen-bond acceptors (Lipinski definition) is 6. The molecule has 172 valence electrons. The van der Waals surface area contributed by atoms with Crippen LogP contribution in [0.4, 0.5) is 5.69 Å². The Morgan fingerprint density at radius 1 is 1.12 bits per heavy atom. The average molecular weight is 490 g/mol. The van der Waals surface area contributed by atoms with E-state index in [1.165, 1.54) is 59.5 Å². The standard InChI is InChI=1S/C22H20ClN3O6S/c1-14(16-4-3-5-19(12-16)33(24,30)31)25(2)22(27)15-6-9-18(10-7-15)32-21-11-8-17(23)13-20(21)26(28)29/h3-14H,1-2H3,(H2,24,30,31). The largest absolute Gasteiger partial charge is 0.450 e. The Labute approximate surface area is 195 Å². The van der Waals surface area contributed by atoms with E-state index >= 15 is 0 Å². The number of benzene rings is 3. The Morgan fingerprint density at radius 3 is 2.39 bits per heavy atom. The Kier molecular flexibility index (Phi) is 7.01. The van der Waals surface area contributed by atoms with Crippen LogP contribution in [0, 0.1) is 10.1 Å². The molecule has 0 saturated heterocycles. The second-order valence-corrected chi connectivity index (χ2v) is 9.20. The number of ether oxygens (including phenoxy) is 1. The highest BCUT2D eigenvalue weighted by molar-refractivity contribution is 7.89. The van der Waals surface area contributed by atoms with Gasteiger partial charge in [-0.1, -0.05) is 23.7 Å². The SMILES string of the molecule is CC(c1cccc(S(N)(=O)=O)c1)N(C)C(=O)c1ccc(Oc2ccc(Cl)cc2[N+](=O)[O-])cc1. The molecule has 0 bridgehead atoms. The molecule has 11 heteroatoms. The average Bonchev–Trinajstić information content (AvgIpc) is 2.78. The van der Waals surface area contributed by atoms with Crippen LogP contribution in [0.5, 0.6) is 11.5 Å². The molecule has 0 fully saturated rings. The Balaban J connectivity index is 1.77. The third kappa shape index (κ3) is 5.67. The molecule has 9 nitrogen and oxygen atoms in total. The zero-order chi connectivity index (χ0) is 24.3. The first-order chi connectivity index (χ1) is 15.5. The van der Waals surface area contributed by atoms with Crippen molar-refractivity contribution in [2.75, 3.05) is 7.05 Å². The van der Waals surface area contributed by atoms with E-state index in [9.17, 15) is 23.3 Å². The number of nitro groups is 1. The number of carbonyl (C=O) groups excluding carboxylic acids is 1. The predicted molar refractivity (Wildman–Crippen MR) is 123 cm³/mol. The van der Waals surface area contributed by atoms with E-state index in [0.717, 1.165) is 0 Å². The highest BCUT2D eigenvalue weighted by atomic mass is 35.5. The number of amides is 1. The lowest BCUT2D eigenvalue weighted by Crippen LogP contribution is -2.29. The fraction of sp³-hybridized carbons (Fsp3) is 0.136. The normalized spacial score (nSPS) is 12.1. The van der Waals surface area contributed by atoms with Gasteiger partial charge in [-0.25, -0.2) is 13.6 Å². The maximum Gasteiger partial charge on any atom is 0.313 e. The maximum atomic E-state index is 12.9. The zero-order valence-corrected chi connectivity index (χ0v) is 19.2. The molecule has 0 radical (unpaired) electrons. The molecule has 3 aromatic carbocycles. The van der Waals surface area contributed by atoms with Crippen LogP contribution in [0.15, 0.2) is 71.6 Å². The Bertz CT molecular complexity index is 1310. The minimum absolute atomic E-state index is 0.0176. The summed E-state index contributed by atoms with van der Waals surface area (Å²) in [7, 11) is -2.27. The lowest BCUT2D eigenvalue weighted by Gasteiger charge is -2.26. The van der Waals surface area contributed by atoms with Crippen molar-refractivity contribution in [1.29, 1.82) is 0 Å². The number of nitrogens with zero attached hydrogens (tertiary/aromatic N) is 2. The highest BCUT2D eigenvalue weighted by Crippen LogP contribution is 2.33. The molecule has 2 N–H and O–H groups in total. The molecule has 1 amide bonds. The second kappa shape index (κ2) is 9.57. The molecule has 0 aromatic heterocycles. The molecular weight excluding hydrogens is 470 g/mol. The number of rotatable bonds is 7. The van der Waals surface area contributed by atoms with E-state index < -0.39 is 21.0 Å². The summed E-state index contributed by atoms with van der Waals surface area (Å²) < 4.78 is 28.8. The van der Waals surface area contributed by atoms with Crippen LogP contribution in [0.3, 0.4) is 0 Å². The summed E-state index contributed by atoms with van der Waals surface area (Å²) in [6, 6.07) is 15.8. The molecule has 0 saturated carbocycles. The van der Waals surface area contributed by atoms with Gasteiger partial charge in [0.25, 0.3) is 5.91 Å². The van der Waals surface area contributed by atoms with Gasteiger partial charge in [-0.05, 0) is 61.0 Å². The maximum absolute atomic E-state index is 12.9. The van der Waals surface area contributed by atoms with Gasteiger partial charge in [-0.15, -0.1) is 0 Å². The number of primary sulfonamides is 1. The number of hydrogen-bond donors (Lipinski definition) is 1. The lowest BCUT2D eigenvalue weighted by atomic mass is 10.1. The second-order valence-electron chi connectivity index (χ2n) is 7.21. The van der Waals surface area contributed by atoms with Crippen LogP contribution in [0.2, 0.25) is 5.02 Å². The van der Waals surface area contributed by atoms with Gasteiger partial charge in [0.15, 0.2) is 0 Å². The lowest BCUT2D eigenvalue weighted by molar-refractivity contribution is -0.385. The first-order valence-corrected chi connectivity index (χ1v) is 11.5. The summed E-state index contributed by atoms with van der Waals surface area (Å²) in [6.07, 6.45) is 0. The van der Waals surface area contributed by atoms with E-state index in [2.05, 4.69) is 0 Å². The van der Waals surface area contributed by atoms with E-state index in [-0.39, 0.29) is 27.3 Å². The fourth-order valence-electron chi connectivity index (χ4n) is 3.07. The van der Waals surface area contributed by atoms with Gasteiger partial charge in [-0.3, -0.25) is 14.9 Å². The van der Waals surface area contributed by atoms with Crippen LogP contribution < -0.4 is 9.88 Å². The van der Waals surface area contributed by atoms with Gasteiger partial charge >= 0.3 is 5.69 Å². The van der Waals surface area contributed by atoms with Crippen molar-refractivity contribution in [2.45, 2.75) is 17.9 Å². The van der Waals surface area contributed by atoms with Gasteiger partial charge < -0.3 is 9.64 Å². The van der Waals surface area contributed by atoms with Crippen molar-refractivity contribution < 1.29 is 22.9 Å². The van der Waals surface area contributed by atoms with Crippen molar-refractivity contribution in [3.63, 3.8) is 0 Å². The fourth-order valence-corrected chi connectivity index (χ4v) is 3.80. The molecule has 0 aliphatic carbocycles. The van der Waals surface area contributed by atoms with Gasteiger partial charge in [0, 0.05) is 23.7 Å². The topological polar surface area (TPSA) is 133 Å². The predicted octanol–water partition coefficient (Wildman–Crippen LogP) is 4.52. The summed E-state index contributed by atoms with van der Waals surface area (Å²) in [5.41, 5.74) is 0.676. The van der Waals surface area contributed by atoms with Crippen molar-refractivity contribution in [3.8, 4) is 11.5 Å². The summed E-state index contributed by atoms with van der Waals surface area (Å²) in [4.78, 5) is 25.0. The van der Waals surface area contributed by atoms with Crippen molar-refractivity contribution in [1.82, 2.24) is 4.90 Å². The highest BCUT2D eigenvalue weighted by Gasteiger charge is 2.21. The van der Waals surface area contributed by atoms with E-state index in [4.69, 9.17) is 21.5 Å². The van der Waals surface area contributed by atoms with Gasteiger partial charge in [0.05, 0.1) is 15.9 Å². The van der Waals surface area contributed by atoms with Gasteiger partial charge in [0.2, 0.25) is 15.8 Å². The molecule has 0 spiro atoms. The summed E-state index contributed by atoms with van der Waals surface area (Å²) >= 11 is 5.81.